The van der Waals surface area contributed by atoms with Crippen molar-refractivity contribution < 1.29 is 19.0 Å². The number of fused-ring (bicyclic) bond motifs is 1. The number of pyridine rings is 1. The predicted octanol–water partition coefficient (Wildman–Crippen LogP) is 2.15. The van der Waals surface area contributed by atoms with Crippen molar-refractivity contribution in [2.24, 2.45) is 0 Å². The Kier molecular flexibility index (Phi) is 5.99. The van der Waals surface area contributed by atoms with Crippen molar-refractivity contribution in [3.63, 3.8) is 0 Å². The highest BCUT2D eigenvalue weighted by atomic mass is 16.6. The van der Waals surface area contributed by atoms with Crippen molar-refractivity contribution in [3.8, 4) is 11.9 Å². The van der Waals surface area contributed by atoms with Crippen LogP contribution in [-0.2, 0) is 19.8 Å². The molecule has 1 fully saturated rings. The van der Waals surface area contributed by atoms with Crippen molar-refractivity contribution in [2.45, 2.75) is 50.7 Å². The van der Waals surface area contributed by atoms with Gasteiger partial charge in [-0.1, -0.05) is 13.3 Å². The molecule has 150 valence electrons. The Morgan fingerprint density at radius 1 is 1.57 bits per heavy atom. The summed E-state index contributed by atoms with van der Waals surface area (Å²) in [4.78, 5) is 16.1. The smallest absolute Gasteiger partial charge is 0.334 e. The zero-order valence-electron chi connectivity index (χ0n) is 16.2. The van der Waals surface area contributed by atoms with Crippen LogP contribution >= 0.6 is 0 Å². The van der Waals surface area contributed by atoms with Crippen LogP contribution in [0.1, 0.15) is 39.0 Å². The summed E-state index contributed by atoms with van der Waals surface area (Å²) in [6.45, 7) is 2.78. The number of aromatic nitrogens is 3. The van der Waals surface area contributed by atoms with Gasteiger partial charge in [-0.25, -0.2) is 9.78 Å². The van der Waals surface area contributed by atoms with Crippen LogP contribution in [0.4, 0.5) is 5.82 Å². The maximum absolute atomic E-state index is 11.8. The molecule has 2 N–H and O–H groups in total. The number of carbonyl (C=O) groups is 1. The fraction of sp³-hybridized carbons (Fsp3) is 0.579. The van der Waals surface area contributed by atoms with Crippen LogP contribution in [0, 0.1) is 11.3 Å². The van der Waals surface area contributed by atoms with E-state index in [1.807, 2.05) is 0 Å². The summed E-state index contributed by atoms with van der Waals surface area (Å²) < 4.78 is 18.0. The maximum Gasteiger partial charge on any atom is 0.334 e. The van der Waals surface area contributed by atoms with Gasteiger partial charge in [-0.05, 0) is 25.3 Å². The van der Waals surface area contributed by atoms with Crippen molar-refractivity contribution in [1.82, 2.24) is 14.8 Å². The van der Waals surface area contributed by atoms with Gasteiger partial charge >= 0.3 is 5.97 Å². The summed E-state index contributed by atoms with van der Waals surface area (Å²) in [6.07, 6.45) is 4.06. The molecule has 0 radical (unpaired) electrons. The van der Waals surface area contributed by atoms with Crippen molar-refractivity contribution in [3.05, 3.63) is 12.3 Å². The molecule has 9 heteroatoms. The van der Waals surface area contributed by atoms with Gasteiger partial charge in [-0.2, -0.15) is 10.4 Å². The monoisotopic (exact) mass is 387 g/mol. The van der Waals surface area contributed by atoms with Crippen molar-refractivity contribution in [1.29, 1.82) is 5.26 Å². The highest BCUT2D eigenvalue weighted by Crippen LogP contribution is 2.38. The molecule has 3 heterocycles. The molecule has 2 aromatic heterocycles. The lowest BCUT2D eigenvalue weighted by Gasteiger charge is -2.38. The van der Waals surface area contributed by atoms with E-state index >= 15 is 0 Å². The number of nitrogens with zero attached hydrogens (tertiary/aromatic N) is 4. The third kappa shape index (κ3) is 3.60. The topological polar surface area (TPSA) is 125 Å². The Balaban J connectivity index is 1.97. The number of methoxy groups -OCH3 is 1. The maximum atomic E-state index is 11.8. The Labute approximate surface area is 163 Å². The molecule has 2 unspecified atom stereocenters. The second kappa shape index (κ2) is 8.44. The molecule has 0 aliphatic carbocycles. The molecule has 1 aliphatic heterocycles. The third-order valence-electron chi connectivity index (χ3n) is 5.07. The highest BCUT2D eigenvalue weighted by Gasteiger charge is 2.42. The minimum Gasteiger partial charge on any atom is -0.477 e. The molecule has 9 nitrogen and oxygen atoms in total. The normalized spacial score (nSPS) is 22.0. The van der Waals surface area contributed by atoms with Gasteiger partial charge in [0.2, 0.25) is 5.88 Å². The molecule has 0 amide bonds. The van der Waals surface area contributed by atoms with E-state index in [4.69, 9.17) is 19.9 Å². The number of unbranched alkanes of at least 4 members (excludes halogenated alkanes) is 1. The SMILES string of the molecule is CCCCOc1nccc2c1c(N)nn2C1(CC#N)CCC(C(=O)OC)OC1. The second-order valence-electron chi connectivity index (χ2n) is 6.93. The number of ether oxygens (including phenoxy) is 3. The molecule has 2 aromatic rings. The highest BCUT2D eigenvalue weighted by molar-refractivity contribution is 5.93. The van der Waals surface area contributed by atoms with Gasteiger partial charge in [0.25, 0.3) is 0 Å². The summed E-state index contributed by atoms with van der Waals surface area (Å²) in [5.41, 5.74) is 6.20. The molecule has 3 rings (SSSR count). The number of hydrogen-bond acceptors (Lipinski definition) is 8. The van der Waals surface area contributed by atoms with E-state index in [0.29, 0.717) is 36.5 Å². The third-order valence-corrected chi connectivity index (χ3v) is 5.07. The van der Waals surface area contributed by atoms with Crippen LogP contribution in [0.25, 0.3) is 10.9 Å². The number of nitrogens with two attached hydrogens (primary N) is 1. The zero-order chi connectivity index (χ0) is 20.1. The summed E-state index contributed by atoms with van der Waals surface area (Å²) in [5, 5.41) is 14.6. The van der Waals surface area contributed by atoms with Gasteiger partial charge in [-0.3, -0.25) is 4.68 Å². The number of rotatable bonds is 7. The molecule has 28 heavy (non-hydrogen) atoms. The van der Waals surface area contributed by atoms with E-state index in [1.165, 1.54) is 7.11 Å². The summed E-state index contributed by atoms with van der Waals surface area (Å²) in [7, 11) is 1.33. The average molecular weight is 387 g/mol. The Morgan fingerprint density at radius 2 is 2.39 bits per heavy atom. The zero-order valence-corrected chi connectivity index (χ0v) is 16.2. The van der Waals surface area contributed by atoms with E-state index in [2.05, 4.69) is 23.1 Å². The van der Waals surface area contributed by atoms with E-state index < -0.39 is 17.6 Å². The van der Waals surface area contributed by atoms with Crippen LogP contribution in [0.3, 0.4) is 0 Å². The largest absolute Gasteiger partial charge is 0.477 e. The molecule has 0 spiro atoms. The molecule has 1 aliphatic rings. The molecule has 1 saturated heterocycles. The number of nitriles is 1. The van der Waals surface area contributed by atoms with Gasteiger partial charge in [0.1, 0.15) is 5.39 Å². The lowest BCUT2D eigenvalue weighted by molar-refractivity contribution is -0.162. The standard InChI is InChI=1S/C19H25N5O4/c1-3-4-11-27-17-15-13(6-10-22-17)24(23-16(15)21)19(8-9-20)7-5-14(28-12-19)18(25)26-2/h6,10,14H,3-5,7-8,11-12H2,1-2H3,(H2,21,23). The van der Waals surface area contributed by atoms with E-state index in [-0.39, 0.29) is 13.0 Å². The predicted molar refractivity (Wildman–Crippen MR) is 102 cm³/mol. The first-order valence-electron chi connectivity index (χ1n) is 9.39. The summed E-state index contributed by atoms with van der Waals surface area (Å²) in [5.74, 6) is 0.319. The minimum absolute atomic E-state index is 0.158. The van der Waals surface area contributed by atoms with Crippen LogP contribution in [0.15, 0.2) is 12.3 Å². The number of esters is 1. The molecule has 2 atom stereocenters. The van der Waals surface area contributed by atoms with Gasteiger partial charge in [0, 0.05) is 6.20 Å². The average Bonchev–Trinajstić information content (AvgIpc) is 3.06. The molecular formula is C19H25N5O4. The van der Waals surface area contributed by atoms with E-state index in [1.54, 1.807) is 16.9 Å². The Morgan fingerprint density at radius 3 is 3.04 bits per heavy atom. The van der Waals surface area contributed by atoms with E-state index in [9.17, 15) is 10.1 Å². The second-order valence-corrected chi connectivity index (χ2v) is 6.93. The fourth-order valence-electron chi connectivity index (χ4n) is 3.50. The number of hydrogen-bond donors (Lipinski definition) is 1. The van der Waals surface area contributed by atoms with Crippen LogP contribution in [0.2, 0.25) is 0 Å². The lowest BCUT2D eigenvalue weighted by Crippen LogP contribution is -2.47. The number of carbonyl (C=O) groups excluding carboxylic acids is 1. The Bertz CT molecular complexity index is 880. The summed E-state index contributed by atoms with van der Waals surface area (Å²) in [6, 6.07) is 4.02. The molecule has 0 saturated carbocycles. The van der Waals surface area contributed by atoms with Gasteiger partial charge in [-0.15, -0.1) is 0 Å². The lowest BCUT2D eigenvalue weighted by atomic mass is 9.87. The molecular weight excluding hydrogens is 362 g/mol. The minimum atomic E-state index is -0.725. The molecule has 0 bridgehead atoms. The number of nitrogen functional groups attached to an aromatic ring is 1. The van der Waals surface area contributed by atoms with Crippen molar-refractivity contribution in [2.75, 3.05) is 26.1 Å². The first-order chi connectivity index (χ1) is 13.6. The molecule has 0 aromatic carbocycles. The van der Waals surface area contributed by atoms with Crippen molar-refractivity contribution >= 4 is 22.7 Å². The quantitative estimate of drug-likeness (QED) is 0.566. The van der Waals surface area contributed by atoms with Gasteiger partial charge in [0.15, 0.2) is 11.9 Å². The number of anilines is 1. The van der Waals surface area contributed by atoms with Crippen LogP contribution < -0.4 is 10.5 Å². The van der Waals surface area contributed by atoms with Crippen LogP contribution in [-0.4, -0.2) is 47.2 Å². The van der Waals surface area contributed by atoms with E-state index in [0.717, 1.165) is 18.4 Å². The van der Waals surface area contributed by atoms with Gasteiger partial charge < -0.3 is 19.9 Å². The summed E-state index contributed by atoms with van der Waals surface area (Å²) >= 11 is 0. The fourth-order valence-corrected chi connectivity index (χ4v) is 3.50. The first kappa shape index (κ1) is 19.9. The Hall–Kier alpha value is -2.86. The van der Waals surface area contributed by atoms with Crippen LogP contribution in [0.5, 0.6) is 5.88 Å². The van der Waals surface area contributed by atoms with Gasteiger partial charge in [0.05, 0.1) is 43.9 Å². The first-order valence-corrected chi connectivity index (χ1v) is 9.39.